The van der Waals surface area contributed by atoms with Crippen molar-refractivity contribution < 1.29 is 26.4 Å². The second kappa shape index (κ2) is 12.2. The molecule has 0 bridgehead atoms. The van der Waals surface area contributed by atoms with Crippen LogP contribution in [0.15, 0.2) is 131 Å². The van der Waals surface area contributed by atoms with Crippen LogP contribution in [0.3, 0.4) is 0 Å². The highest BCUT2D eigenvalue weighted by Crippen LogP contribution is 2.45. The van der Waals surface area contributed by atoms with E-state index in [0.717, 1.165) is 11.1 Å². The molecule has 1 saturated heterocycles. The van der Waals surface area contributed by atoms with Crippen molar-refractivity contribution in [1.29, 1.82) is 0 Å². The number of nitrogens with zero attached hydrogens (tertiary/aromatic N) is 2. The summed E-state index contributed by atoms with van der Waals surface area (Å²) < 4.78 is 63.0. The molecule has 5 rings (SSSR count). The molecule has 10 heteroatoms. The molecule has 0 spiro atoms. The van der Waals surface area contributed by atoms with Gasteiger partial charge < -0.3 is 9.64 Å². The lowest BCUT2D eigenvalue weighted by atomic mass is 9.73. The Bertz CT molecular complexity index is 1680. The van der Waals surface area contributed by atoms with Gasteiger partial charge in [0, 0.05) is 12.0 Å². The molecule has 0 saturated carbocycles. The summed E-state index contributed by atoms with van der Waals surface area (Å²) in [7, 11) is -9.16. The summed E-state index contributed by atoms with van der Waals surface area (Å²) >= 11 is 0. The molecular formula is C34H36N2O6S2. The summed E-state index contributed by atoms with van der Waals surface area (Å²) in [5.41, 5.74) is 0.248. The van der Waals surface area contributed by atoms with Crippen LogP contribution in [-0.4, -0.2) is 56.3 Å². The summed E-state index contributed by atoms with van der Waals surface area (Å²) in [6, 6.07) is 33.4. The summed E-state index contributed by atoms with van der Waals surface area (Å²) in [5, 5.41) is 0. The summed E-state index contributed by atoms with van der Waals surface area (Å²) in [6.07, 6.45) is -0.392. The van der Waals surface area contributed by atoms with Crippen molar-refractivity contribution in [3.63, 3.8) is 0 Å². The Morgan fingerprint density at radius 1 is 0.727 bits per heavy atom. The van der Waals surface area contributed by atoms with E-state index >= 15 is 0 Å². The molecule has 1 heterocycles. The summed E-state index contributed by atoms with van der Waals surface area (Å²) in [4.78, 5) is 15.0. The number of amides is 1. The van der Waals surface area contributed by atoms with Gasteiger partial charge in [0.05, 0.1) is 22.4 Å². The molecular weight excluding hydrogens is 597 g/mol. The zero-order chi connectivity index (χ0) is 31.6. The maximum Gasteiger partial charge on any atom is 0.410 e. The highest BCUT2D eigenvalue weighted by molar-refractivity contribution is 8.04. The molecule has 0 N–H and O–H groups in total. The van der Waals surface area contributed by atoms with Gasteiger partial charge in [-0.15, -0.1) is 0 Å². The molecule has 1 aliphatic heterocycles. The number of hydrogen-bond donors (Lipinski definition) is 0. The van der Waals surface area contributed by atoms with E-state index in [1.165, 1.54) is 29.2 Å². The first-order chi connectivity index (χ1) is 20.8. The van der Waals surface area contributed by atoms with Crippen LogP contribution in [-0.2, 0) is 30.2 Å². The lowest BCUT2D eigenvalue weighted by molar-refractivity contribution is 0.0216. The lowest BCUT2D eigenvalue weighted by Crippen LogP contribution is -2.48. The van der Waals surface area contributed by atoms with E-state index in [-0.39, 0.29) is 22.8 Å². The smallest absolute Gasteiger partial charge is 0.410 e. The first kappa shape index (κ1) is 31.4. The van der Waals surface area contributed by atoms with Crippen LogP contribution < -0.4 is 0 Å². The average molecular weight is 633 g/mol. The second-order valence-electron chi connectivity index (χ2n) is 11.9. The first-order valence-electron chi connectivity index (χ1n) is 14.3. The molecule has 4 aromatic rings. The maximum absolute atomic E-state index is 14.2. The van der Waals surface area contributed by atoms with E-state index in [1.54, 1.807) is 57.2 Å². The molecule has 1 unspecified atom stereocenters. The Morgan fingerprint density at radius 3 is 1.50 bits per heavy atom. The molecule has 0 radical (unpaired) electrons. The fourth-order valence-corrected chi connectivity index (χ4v) is 9.47. The standard InChI is InChI=1S/C34H36N2O6S2/c1-33(2,3)42-32(37)35-26-34(27-16-8-4-9-17-27,28-18-10-5-11-19-28)24-29(35)25-36(43(38,39)30-20-12-6-13-21-30)44(40,41)31-22-14-7-15-23-31/h4-23,29H,24-26H2,1-3H3. The third-order valence-electron chi connectivity index (χ3n) is 7.72. The number of ether oxygens (including phenoxy) is 1. The maximum atomic E-state index is 14.2. The lowest BCUT2D eigenvalue weighted by Gasteiger charge is -2.32. The Hall–Kier alpha value is -3.99. The van der Waals surface area contributed by atoms with Crippen molar-refractivity contribution in [2.75, 3.05) is 13.1 Å². The number of benzene rings is 4. The van der Waals surface area contributed by atoms with E-state index in [2.05, 4.69) is 0 Å². The van der Waals surface area contributed by atoms with Gasteiger partial charge in [-0.3, -0.25) is 0 Å². The van der Waals surface area contributed by atoms with Gasteiger partial charge in [0.2, 0.25) is 0 Å². The topological polar surface area (TPSA) is 101 Å². The predicted octanol–water partition coefficient (Wildman–Crippen LogP) is 6.06. The van der Waals surface area contributed by atoms with Gasteiger partial charge >= 0.3 is 6.09 Å². The minimum atomic E-state index is -4.58. The number of rotatable bonds is 8. The molecule has 1 fully saturated rings. The van der Waals surface area contributed by atoms with Crippen LogP contribution in [0.1, 0.15) is 38.3 Å². The average Bonchev–Trinajstić information content (AvgIpc) is 3.42. The van der Waals surface area contributed by atoms with Crippen LogP contribution in [0.4, 0.5) is 4.79 Å². The van der Waals surface area contributed by atoms with Crippen LogP contribution in [0.5, 0.6) is 0 Å². The number of likely N-dealkylation sites (tertiary alicyclic amines) is 1. The fraction of sp³-hybridized carbons (Fsp3) is 0.265. The summed E-state index contributed by atoms with van der Waals surface area (Å²) in [6.45, 7) is 4.91. The third-order valence-corrected chi connectivity index (χ3v) is 12.0. The Kier molecular flexibility index (Phi) is 8.71. The zero-order valence-corrected chi connectivity index (χ0v) is 26.5. The SMILES string of the molecule is CC(C)(C)OC(=O)N1CC(c2ccccc2)(c2ccccc2)CC1CN(S(=O)(=O)c1ccccc1)S(=O)(=O)c1ccccc1. The van der Waals surface area contributed by atoms with Crippen LogP contribution >= 0.6 is 0 Å². The molecule has 1 atom stereocenters. The van der Waals surface area contributed by atoms with Crippen molar-refractivity contribution in [1.82, 2.24) is 8.61 Å². The van der Waals surface area contributed by atoms with Gasteiger partial charge in [-0.2, -0.15) is 0 Å². The molecule has 0 aliphatic carbocycles. The minimum Gasteiger partial charge on any atom is -0.444 e. The molecule has 1 aliphatic rings. The number of carbonyl (C=O) groups excluding carboxylic acids is 1. The Labute approximate surface area is 260 Å². The van der Waals surface area contributed by atoms with Gasteiger partial charge in [-0.05, 0) is 62.6 Å². The highest BCUT2D eigenvalue weighted by atomic mass is 32.3. The Morgan fingerprint density at radius 2 is 1.11 bits per heavy atom. The molecule has 230 valence electrons. The van der Waals surface area contributed by atoms with E-state index in [4.69, 9.17) is 4.74 Å². The van der Waals surface area contributed by atoms with Crippen LogP contribution in [0.25, 0.3) is 0 Å². The van der Waals surface area contributed by atoms with Gasteiger partial charge in [-0.25, -0.2) is 21.6 Å². The quantitative estimate of drug-likeness (QED) is 0.234. The van der Waals surface area contributed by atoms with Crippen LogP contribution in [0, 0.1) is 0 Å². The monoisotopic (exact) mass is 632 g/mol. The van der Waals surface area contributed by atoms with Gasteiger partial charge in [0.1, 0.15) is 5.60 Å². The van der Waals surface area contributed by atoms with E-state index in [0.29, 0.717) is 3.71 Å². The van der Waals surface area contributed by atoms with Crippen LogP contribution in [0.2, 0.25) is 0 Å². The van der Waals surface area contributed by atoms with E-state index in [1.807, 2.05) is 60.7 Å². The number of carbonyl (C=O) groups is 1. The molecule has 4 aromatic carbocycles. The number of hydrogen-bond acceptors (Lipinski definition) is 6. The van der Waals surface area contributed by atoms with Crippen molar-refractivity contribution in [2.24, 2.45) is 0 Å². The molecule has 44 heavy (non-hydrogen) atoms. The van der Waals surface area contributed by atoms with Gasteiger partial charge in [-0.1, -0.05) is 101 Å². The molecule has 0 aromatic heterocycles. The van der Waals surface area contributed by atoms with E-state index in [9.17, 15) is 21.6 Å². The zero-order valence-electron chi connectivity index (χ0n) is 24.9. The molecule has 1 amide bonds. The van der Waals surface area contributed by atoms with Crippen molar-refractivity contribution in [3.8, 4) is 0 Å². The second-order valence-corrected chi connectivity index (χ2v) is 15.8. The summed E-state index contributed by atoms with van der Waals surface area (Å²) in [5.74, 6) is 0. The van der Waals surface area contributed by atoms with Gasteiger partial charge in [0.15, 0.2) is 0 Å². The Balaban J connectivity index is 1.67. The van der Waals surface area contributed by atoms with Gasteiger partial charge in [0.25, 0.3) is 20.0 Å². The third kappa shape index (κ3) is 6.29. The normalized spacial score (nSPS) is 17.0. The minimum absolute atomic E-state index is 0.158. The molecule has 8 nitrogen and oxygen atoms in total. The van der Waals surface area contributed by atoms with Crippen molar-refractivity contribution in [3.05, 3.63) is 132 Å². The fourth-order valence-electron chi connectivity index (χ4n) is 5.71. The highest BCUT2D eigenvalue weighted by Gasteiger charge is 2.51. The van der Waals surface area contributed by atoms with Crippen molar-refractivity contribution >= 4 is 26.1 Å². The van der Waals surface area contributed by atoms with E-state index < -0.39 is 49.7 Å². The number of sulfonamides is 2. The largest absolute Gasteiger partial charge is 0.444 e. The van der Waals surface area contributed by atoms with Crippen molar-refractivity contribution in [2.45, 2.75) is 54.0 Å². The first-order valence-corrected chi connectivity index (χ1v) is 17.2. The predicted molar refractivity (Wildman–Crippen MR) is 169 cm³/mol.